The highest BCUT2D eigenvalue weighted by molar-refractivity contribution is 6.30. The topological polar surface area (TPSA) is 70.1 Å². The minimum Gasteiger partial charge on any atom is -0.474 e. The summed E-state index contributed by atoms with van der Waals surface area (Å²) in [5.74, 6) is 0.573. The first-order valence-electron chi connectivity index (χ1n) is 9.30. The molecule has 0 amide bonds. The van der Waals surface area contributed by atoms with Crippen LogP contribution in [0.25, 0.3) is 11.4 Å². The molecule has 8 heteroatoms. The number of benzene rings is 2. The molecule has 0 spiro atoms. The van der Waals surface area contributed by atoms with Gasteiger partial charge in [0.2, 0.25) is 5.90 Å². The van der Waals surface area contributed by atoms with Crippen molar-refractivity contribution in [2.75, 3.05) is 6.61 Å². The molecule has 4 heterocycles. The molecule has 0 saturated heterocycles. The lowest BCUT2D eigenvalue weighted by Crippen LogP contribution is -2.08. The van der Waals surface area contributed by atoms with Crippen molar-refractivity contribution in [2.45, 2.75) is 12.5 Å². The second-order valence-corrected chi connectivity index (χ2v) is 7.47. The van der Waals surface area contributed by atoms with Crippen molar-refractivity contribution in [1.29, 1.82) is 0 Å². The predicted octanol–water partition coefficient (Wildman–Crippen LogP) is 3.53. The normalized spacial score (nSPS) is 17.0. The van der Waals surface area contributed by atoms with E-state index in [1.807, 2.05) is 41.1 Å². The molecular formula is C21H15ClN6O. The van der Waals surface area contributed by atoms with Gasteiger partial charge in [-0.3, -0.25) is 4.57 Å². The van der Waals surface area contributed by atoms with Crippen molar-refractivity contribution in [3.8, 4) is 11.4 Å². The Labute approximate surface area is 171 Å². The lowest BCUT2D eigenvalue weighted by Gasteiger charge is -2.10. The Morgan fingerprint density at radius 2 is 1.97 bits per heavy atom. The SMILES string of the molecule is Clc1ccc2c(c1)-n1nncc1Cc1c(C3=N[C@@H](c4ccccc4)CO3)ncn1-2. The van der Waals surface area contributed by atoms with E-state index in [9.17, 15) is 0 Å². The molecule has 7 nitrogen and oxygen atoms in total. The number of fused-ring (bicyclic) bond motifs is 5. The van der Waals surface area contributed by atoms with E-state index in [0.29, 0.717) is 23.9 Å². The van der Waals surface area contributed by atoms with Gasteiger partial charge in [-0.15, -0.1) is 5.10 Å². The van der Waals surface area contributed by atoms with Crippen LogP contribution in [0.15, 0.2) is 66.0 Å². The molecule has 142 valence electrons. The molecule has 2 aliphatic rings. The number of halogens is 1. The lowest BCUT2D eigenvalue weighted by molar-refractivity contribution is 0.319. The summed E-state index contributed by atoms with van der Waals surface area (Å²) in [6.45, 7) is 0.511. The van der Waals surface area contributed by atoms with Gasteiger partial charge in [0.05, 0.1) is 29.0 Å². The monoisotopic (exact) mass is 402 g/mol. The van der Waals surface area contributed by atoms with Gasteiger partial charge in [0.1, 0.15) is 24.7 Å². The number of nitrogens with zero attached hydrogens (tertiary/aromatic N) is 6. The summed E-state index contributed by atoms with van der Waals surface area (Å²) in [5.41, 5.74) is 5.62. The van der Waals surface area contributed by atoms with Gasteiger partial charge in [0, 0.05) is 11.4 Å². The van der Waals surface area contributed by atoms with E-state index < -0.39 is 0 Å². The van der Waals surface area contributed by atoms with Gasteiger partial charge in [0.15, 0.2) is 0 Å². The van der Waals surface area contributed by atoms with Crippen LogP contribution in [0, 0.1) is 0 Å². The van der Waals surface area contributed by atoms with Crippen molar-refractivity contribution in [2.24, 2.45) is 4.99 Å². The maximum atomic E-state index is 6.25. The van der Waals surface area contributed by atoms with Crippen molar-refractivity contribution in [3.05, 3.63) is 88.7 Å². The van der Waals surface area contributed by atoms with Crippen LogP contribution in [0.4, 0.5) is 0 Å². The van der Waals surface area contributed by atoms with Crippen molar-refractivity contribution in [3.63, 3.8) is 0 Å². The minimum absolute atomic E-state index is 0.0207. The second kappa shape index (κ2) is 6.28. The maximum absolute atomic E-state index is 6.25. The number of imidazole rings is 1. The molecule has 2 aliphatic heterocycles. The Morgan fingerprint density at radius 3 is 2.86 bits per heavy atom. The highest BCUT2D eigenvalue weighted by atomic mass is 35.5. The number of hydrogen-bond acceptors (Lipinski definition) is 5. The summed E-state index contributed by atoms with van der Waals surface area (Å²) in [6.07, 6.45) is 4.17. The van der Waals surface area contributed by atoms with E-state index in [1.165, 1.54) is 0 Å². The number of aliphatic imine (C=N–C) groups is 1. The molecule has 29 heavy (non-hydrogen) atoms. The van der Waals surface area contributed by atoms with Gasteiger partial charge in [-0.25, -0.2) is 14.7 Å². The van der Waals surface area contributed by atoms with Crippen LogP contribution in [-0.2, 0) is 11.2 Å². The molecule has 6 rings (SSSR count). The van der Waals surface area contributed by atoms with Gasteiger partial charge >= 0.3 is 0 Å². The summed E-state index contributed by atoms with van der Waals surface area (Å²) < 4.78 is 9.84. The molecule has 0 aliphatic carbocycles. The van der Waals surface area contributed by atoms with Crippen molar-refractivity contribution in [1.82, 2.24) is 24.5 Å². The fourth-order valence-corrected chi connectivity index (χ4v) is 4.07. The van der Waals surface area contributed by atoms with E-state index in [4.69, 9.17) is 21.3 Å². The summed E-state index contributed by atoms with van der Waals surface area (Å²) in [5, 5.41) is 8.98. The zero-order valence-corrected chi connectivity index (χ0v) is 16.0. The maximum Gasteiger partial charge on any atom is 0.238 e. The van der Waals surface area contributed by atoms with Crippen LogP contribution in [0.1, 0.15) is 28.7 Å². The standard InChI is InChI=1S/C21H15ClN6O/c22-14-6-7-17-18(8-14)28-15(10-24-26-28)9-19-20(23-12-27(17)19)21-25-16(11-29-21)13-4-2-1-3-5-13/h1-8,10,12,16H,9,11H2/t16-/m1/s1. The third kappa shape index (κ3) is 2.58. The Bertz CT molecular complexity index is 1260. The van der Waals surface area contributed by atoms with Crippen LogP contribution in [-0.4, -0.2) is 37.0 Å². The van der Waals surface area contributed by atoms with E-state index in [0.717, 1.165) is 34.0 Å². The largest absolute Gasteiger partial charge is 0.474 e. The van der Waals surface area contributed by atoms with Gasteiger partial charge in [-0.2, -0.15) is 0 Å². The van der Waals surface area contributed by atoms with E-state index in [2.05, 4.69) is 32.0 Å². The molecule has 0 N–H and O–H groups in total. The first kappa shape index (κ1) is 16.5. The zero-order valence-electron chi connectivity index (χ0n) is 15.2. The fraction of sp³-hybridized carbons (Fsp3) is 0.143. The van der Waals surface area contributed by atoms with Gasteiger partial charge < -0.3 is 4.74 Å². The molecule has 1 atom stereocenters. The summed E-state index contributed by atoms with van der Waals surface area (Å²) in [7, 11) is 0. The Kier molecular flexibility index (Phi) is 3.57. The molecule has 0 bridgehead atoms. The average Bonchev–Trinajstić information content (AvgIpc) is 3.48. The number of rotatable bonds is 2. The van der Waals surface area contributed by atoms with E-state index in [1.54, 1.807) is 12.5 Å². The number of aromatic nitrogens is 5. The van der Waals surface area contributed by atoms with Gasteiger partial charge in [0.25, 0.3) is 0 Å². The predicted molar refractivity (Wildman–Crippen MR) is 108 cm³/mol. The highest BCUT2D eigenvalue weighted by Gasteiger charge is 2.29. The minimum atomic E-state index is -0.0207. The third-order valence-electron chi connectivity index (χ3n) is 5.30. The zero-order chi connectivity index (χ0) is 19.4. The molecule has 0 saturated carbocycles. The van der Waals surface area contributed by atoms with Crippen LogP contribution in [0.5, 0.6) is 0 Å². The van der Waals surface area contributed by atoms with Crippen LogP contribution >= 0.6 is 11.6 Å². The molecule has 2 aromatic heterocycles. The first-order valence-corrected chi connectivity index (χ1v) is 9.68. The third-order valence-corrected chi connectivity index (χ3v) is 5.53. The van der Waals surface area contributed by atoms with Crippen molar-refractivity contribution < 1.29 is 4.74 Å². The highest BCUT2D eigenvalue weighted by Crippen LogP contribution is 2.32. The first-order chi connectivity index (χ1) is 14.3. The molecule has 4 aromatic rings. The van der Waals surface area contributed by atoms with Crippen LogP contribution in [0.2, 0.25) is 5.02 Å². The fourth-order valence-electron chi connectivity index (χ4n) is 3.90. The second-order valence-electron chi connectivity index (χ2n) is 7.03. The van der Waals surface area contributed by atoms with Gasteiger partial charge in [-0.05, 0) is 23.8 Å². The quantitative estimate of drug-likeness (QED) is 0.453. The molecular weight excluding hydrogens is 388 g/mol. The lowest BCUT2D eigenvalue weighted by atomic mass is 10.1. The van der Waals surface area contributed by atoms with Crippen LogP contribution in [0.3, 0.4) is 0 Å². The van der Waals surface area contributed by atoms with E-state index >= 15 is 0 Å². The van der Waals surface area contributed by atoms with E-state index in [-0.39, 0.29) is 6.04 Å². The molecule has 0 fully saturated rings. The smallest absolute Gasteiger partial charge is 0.238 e. The Balaban J connectivity index is 1.48. The molecule has 0 radical (unpaired) electrons. The van der Waals surface area contributed by atoms with Gasteiger partial charge in [-0.1, -0.05) is 47.1 Å². The van der Waals surface area contributed by atoms with Crippen LogP contribution < -0.4 is 0 Å². The molecule has 2 aromatic carbocycles. The Hall–Kier alpha value is -3.45. The molecule has 0 unspecified atom stereocenters. The number of ether oxygens (including phenoxy) is 1. The number of hydrogen-bond donors (Lipinski definition) is 0. The summed E-state index contributed by atoms with van der Waals surface area (Å²) >= 11 is 6.25. The van der Waals surface area contributed by atoms with Crippen molar-refractivity contribution >= 4 is 17.5 Å². The summed E-state index contributed by atoms with van der Waals surface area (Å²) in [4.78, 5) is 9.46. The Morgan fingerprint density at radius 1 is 1.07 bits per heavy atom. The average molecular weight is 403 g/mol. The summed E-state index contributed by atoms with van der Waals surface area (Å²) in [6, 6.07) is 15.9.